The van der Waals surface area contributed by atoms with Crippen molar-refractivity contribution >= 4 is 17.4 Å². The van der Waals surface area contributed by atoms with Gasteiger partial charge >= 0.3 is 0 Å². The molecule has 0 aromatic heterocycles. The molecule has 0 bridgehead atoms. The summed E-state index contributed by atoms with van der Waals surface area (Å²) in [4.78, 5) is 4.40. The van der Waals surface area contributed by atoms with Gasteiger partial charge in [0.25, 0.3) is 0 Å². The molecule has 2 aromatic rings. The highest BCUT2D eigenvalue weighted by Gasteiger charge is 2.07. The van der Waals surface area contributed by atoms with E-state index in [2.05, 4.69) is 34.6 Å². The number of para-hydroxylation sites is 1. The van der Waals surface area contributed by atoms with Gasteiger partial charge in [0, 0.05) is 12.1 Å². The number of benzene rings is 2. The average Bonchev–Trinajstić information content (AvgIpc) is 3.01. The molecule has 0 spiro atoms. The Bertz CT molecular complexity index is 623. The first-order chi connectivity index (χ1) is 9.83. The van der Waals surface area contributed by atoms with Crippen LogP contribution >= 0.6 is 11.6 Å². The number of amidine groups is 1. The maximum absolute atomic E-state index is 6.05. The summed E-state index contributed by atoms with van der Waals surface area (Å²) in [6, 6.07) is 15.7. The Morgan fingerprint density at radius 1 is 1.10 bits per heavy atom. The quantitative estimate of drug-likeness (QED) is 0.936. The van der Waals surface area contributed by atoms with Crippen LogP contribution in [-0.2, 0) is 6.61 Å². The van der Waals surface area contributed by atoms with Crippen molar-refractivity contribution < 1.29 is 4.74 Å². The number of hydrogen-bond donors (Lipinski definition) is 1. The maximum Gasteiger partial charge on any atom is 0.138 e. The predicted octanol–water partition coefficient (Wildman–Crippen LogP) is 3.27. The number of hydrogen-bond acceptors (Lipinski definition) is 3. The molecule has 0 saturated heterocycles. The van der Waals surface area contributed by atoms with Crippen molar-refractivity contribution in [2.75, 3.05) is 13.1 Å². The minimum Gasteiger partial charge on any atom is -0.487 e. The van der Waals surface area contributed by atoms with Gasteiger partial charge in [-0.15, -0.1) is 0 Å². The molecule has 1 aliphatic heterocycles. The molecule has 1 aliphatic rings. The fraction of sp³-hybridized carbons (Fsp3) is 0.188. The van der Waals surface area contributed by atoms with E-state index in [1.54, 1.807) is 0 Å². The first-order valence-corrected chi connectivity index (χ1v) is 6.96. The van der Waals surface area contributed by atoms with Crippen molar-refractivity contribution in [3.05, 3.63) is 64.7 Å². The summed E-state index contributed by atoms with van der Waals surface area (Å²) in [6.07, 6.45) is 0. The van der Waals surface area contributed by atoms with Gasteiger partial charge in [-0.3, -0.25) is 4.99 Å². The summed E-state index contributed by atoms with van der Waals surface area (Å²) in [7, 11) is 0. The molecule has 0 saturated carbocycles. The Balaban J connectivity index is 1.65. The van der Waals surface area contributed by atoms with Crippen LogP contribution in [0.4, 0.5) is 0 Å². The lowest BCUT2D eigenvalue weighted by Crippen LogP contribution is -2.19. The van der Waals surface area contributed by atoms with Gasteiger partial charge in [-0.1, -0.05) is 48.0 Å². The fourth-order valence-electron chi connectivity index (χ4n) is 2.07. The molecule has 0 atom stereocenters. The third kappa shape index (κ3) is 2.94. The molecule has 4 heteroatoms. The highest BCUT2D eigenvalue weighted by atomic mass is 35.5. The summed E-state index contributed by atoms with van der Waals surface area (Å²) >= 11 is 6.05. The van der Waals surface area contributed by atoms with Gasteiger partial charge in [-0.25, -0.2) is 0 Å². The van der Waals surface area contributed by atoms with Gasteiger partial charge < -0.3 is 10.1 Å². The molecule has 0 amide bonds. The van der Waals surface area contributed by atoms with Gasteiger partial charge in [0.2, 0.25) is 0 Å². The molecule has 3 nitrogen and oxygen atoms in total. The van der Waals surface area contributed by atoms with Gasteiger partial charge in [-0.2, -0.15) is 0 Å². The predicted molar refractivity (Wildman–Crippen MR) is 81.6 cm³/mol. The Hall–Kier alpha value is -2.00. The van der Waals surface area contributed by atoms with Crippen LogP contribution in [0.25, 0.3) is 0 Å². The minimum absolute atomic E-state index is 0.504. The van der Waals surface area contributed by atoms with Gasteiger partial charge in [-0.05, 0) is 17.7 Å². The van der Waals surface area contributed by atoms with E-state index >= 15 is 0 Å². The Labute approximate surface area is 123 Å². The van der Waals surface area contributed by atoms with E-state index < -0.39 is 0 Å². The van der Waals surface area contributed by atoms with Crippen LogP contribution in [-0.4, -0.2) is 18.9 Å². The lowest BCUT2D eigenvalue weighted by molar-refractivity contribution is 0.306. The van der Waals surface area contributed by atoms with E-state index in [9.17, 15) is 0 Å². The number of ether oxygens (including phenoxy) is 1. The second-order valence-electron chi connectivity index (χ2n) is 4.57. The van der Waals surface area contributed by atoms with Crippen molar-refractivity contribution in [3.8, 4) is 5.75 Å². The van der Waals surface area contributed by atoms with Crippen LogP contribution in [0.5, 0.6) is 5.75 Å². The van der Waals surface area contributed by atoms with E-state index in [0.717, 1.165) is 30.1 Å². The molecule has 0 fully saturated rings. The van der Waals surface area contributed by atoms with Crippen LogP contribution in [0.2, 0.25) is 5.02 Å². The summed E-state index contributed by atoms with van der Waals surface area (Å²) in [6.45, 7) is 2.28. The standard InChI is InChI=1S/C16H15ClN2O/c17-14-3-1-2-4-15(14)20-11-12-5-7-13(8-6-12)16-18-9-10-19-16/h1-8H,9-11H2,(H,18,19). The third-order valence-electron chi connectivity index (χ3n) is 3.13. The van der Waals surface area contributed by atoms with Crippen molar-refractivity contribution in [2.45, 2.75) is 6.61 Å². The molecule has 2 aromatic carbocycles. The highest BCUT2D eigenvalue weighted by Crippen LogP contribution is 2.24. The molecule has 0 radical (unpaired) electrons. The summed E-state index contributed by atoms with van der Waals surface area (Å²) < 4.78 is 5.71. The molecule has 0 aliphatic carbocycles. The largest absolute Gasteiger partial charge is 0.487 e. The number of halogens is 1. The normalized spacial score (nSPS) is 13.8. The minimum atomic E-state index is 0.504. The summed E-state index contributed by atoms with van der Waals surface area (Å²) in [5.74, 6) is 1.68. The zero-order valence-corrected chi connectivity index (χ0v) is 11.7. The van der Waals surface area contributed by atoms with Gasteiger partial charge in [0.05, 0.1) is 11.6 Å². The van der Waals surface area contributed by atoms with Crippen LogP contribution in [0.3, 0.4) is 0 Å². The van der Waals surface area contributed by atoms with E-state index in [1.165, 1.54) is 0 Å². The molecule has 1 N–H and O–H groups in total. The Morgan fingerprint density at radius 2 is 1.90 bits per heavy atom. The molecular formula is C16H15ClN2O. The first-order valence-electron chi connectivity index (χ1n) is 6.58. The Kier molecular flexibility index (Phi) is 3.88. The van der Waals surface area contributed by atoms with E-state index in [4.69, 9.17) is 16.3 Å². The summed E-state index contributed by atoms with van der Waals surface area (Å²) in [5, 5.41) is 3.89. The molecule has 20 heavy (non-hydrogen) atoms. The van der Waals surface area contributed by atoms with E-state index in [0.29, 0.717) is 17.4 Å². The zero-order chi connectivity index (χ0) is 13.8. The smallest absolute Gasteiger partial charge is 0.138 e. The average molecular weight is 287 g/mol. The van der Waals surface area contributed by atoms with E-state index in [1.807, 2.05) is 24.3 Å². The second kappa shape index (κ2) is 5.97. The van der Waals surface area contributed by atoms with Crippen LogP contribution < -0.4 is 10.1 Å². The highest BCUT2D eigenvalue weighted by molar-refractivity contribution is 6.32. The van der Waals surface area contributed by atoms with Gasteiger partial charge in [0.1, 0.15) is 18.2 Å². The zero-order valence-electron chi connectivity index (χ0n) is 11.0. The van der Waals surface area contributed by atoms with Crippen LogP contribution in [0.15, 0.2) is 53.5 Å². The molecule has 0 unspecified atom stereocenters. The Morgan fingerprint density at radius 3 is 2.60 bits per heavy atom. The van der Waals surface area contributed by atoms with Crippen molar-refractivity contribution in [1.82, 2.24) is 5.32 Å². The second-order valence-corrected chi connectivity index (χ2v) is 4.98. The third-order valence-corrected chi connectivity index (χ3v) is 3.44. The molecule has 1 heterocycles. The van der Waals surface area contributed by atoms with Crippen LogP contribution in [0.1, 0.15) is 11.1 Å². The van der Waals surface area contributed by atoms with Crippen molar-refractivity contribution in [3.63, 3.8) is 0 Å². The first kappa shape index (κ1) is 13.0. The fourth-order valence-corrected chi connectivity index (χ4v) is 2.26. The number of nitrogens with zero attached hydrogens (tertiary/aromatic N) is 1. The topological polar surface area (TPSA) is 33.6 Å². The monoisotopic (exact) mass is 286 g/mol. The number of nitrogens with one attached hydrogen (secondary N) is 1. The van der Waals surface area contributed by atoms with Crippen LogP contribution in [0, 0.1) is 0 Å². The number of aliphatic imine (C=N–C) groups is 1. The maximum atomic E-state index is 6.05. The number of rotatable bonds is 4. The summed E-state index contributed by atoms with van der Waals surface area (Å²) in [5.41, 5.74) is 2.22. The van der Waals surface area contributed by atoms with Crippen molar-refractivity contribution in [1.29, 1.82) is 0 Å². The SMILES string of the molecule is Clc1ccccc1OCc1ccc(C2=NCCN2)cc1. The van der Waals surface area contributed by atoms with Gasteiger partial charge in [0.15, 0.2) is 0 Å². The molecular weight excluding hydrogens is 272 g/mol. The molecule has 102 valence electrons. The lowest BCUT2D eigenvalue weighted by Gasteiger charge is -2.08. The van der Waals surface area contributed by atoms with E-state index in [-0.39, 0.29) is 0 Å². The molecule has 3 rings (SSSR count). The lowest BCUT2D eigenvalue weighted by atomic mass is 10.1. The van der Waals surface area contributed by atoms with Crippen molar-refractivity contribution in [2.24, 2.45) is 4.99 Å².